The molecule has 2 N–H and O–H groups in total. The molecule has 1 amide bonds. The number of hydrogen-bond donors (Lipinski definition) is 2. The van der Waals surface area contributed by atoms with E-state index in [-0.39, 0.29) is 41.2 Å². The Balaban J connectivity index is 2.00. The van der Waals surface area contributed by atoms with E-state index >= 15 is 0 Å². The Hall–Kier alpha value is -3.44. The number of hydrazone groups is 1. The quantitative estimate of drug-likeness (QED) is 0.496. The van der Waals surface area contributed by atoms with Crippen LogP contribution in [0.4, 0.5) is 24.5 Å². The molecule has 1 atom stereocenters. The van der Waals surface area contributed by atoms with E-state index in [2.05, 4.69) is 20.8 Å². The summed E-state index contributed by atoms with van der Waals surface area (Å²) < 4.78 is 60.3. The zero-order valence-electron chi connectivity index (χ0n) is 17.6. The molecule has 33 heavy (non-hydrogen) atoms. The third-order valence-corrected chi connectivity index (χ3v) is 5.58. The van der Waals surface area contributed by atoms with Crippen LogP contribution in [0.25, 0.3) is 5.69 Å². The average Bonchev–Trinajstić information content (AvgIpc) is 3.38. The molecule has 0 saturated heterocycles. The Morgan fingerprint density at radius 3 is 2.64 bits per heavy atom. The maximum absolute atomic E-state index is 14.0. The second-order valence-corrected chi connectivity index (χ2v) is 8.30. The van der Waals surface area contributed by atoms with E-state index in [1.807, 2.05) is 0 Å². The molecular formula is C19H18F3N6O4P. The van der Waals surface area contributed by atoms with Gasteiger partial charge in [0, 0.05) is 18.3 Å². The number of amides is 1. The fourth-order valence-corrected chi connectivity index (χ4v) is 4.16. The maximum atomic E-state index is 14.0. The number of benzene rings is 1. The Morgan fingerprint density at radius 1 is 1.30 bits per heavy atom. The molecule has 174 valence electrons. The summed E-state index contributed by atoms with van der Waals surface area (Å²) in [5.74, 6) is -1.05. The van der Waals surface area contributed by atoms with Crippen LogP contribution in [0.1, 0.15) is 38.1 Å². The van der Waals surface area contributed by atoms with Crippen LogP contribution in [-0.4, -0.2) is 27.9 Å². The first kappa shape index (κ1) is 22.7. The number of amidine groups is 1. The van der Waals surface area contributed by atoms with Gasteiger partial charge < -0.3 is 19.5 Å². The molecule has 0 saturated carbocycles. The molecule has 3 heterocycles. The van der Waals surface area contributed by atoms with Crippen LogP contribution in [0.2, 0.25) is 0 Å². The maximum Gasteiger partial charge on any atom is 0.418 e. The number of carbonyl (C=O) groups is 1. The third-order valence-electron chi connectivity index (χ3n) is 4.91. The van der Waals surface area contributed by atoms with Crippen molar-refractivity contribution in [1.29, 1.82) is 0 Å². The summed E-state index contributed by atoms with van der Waals surface area (Å²) in [6.45, 7) is 5.14. The van der Waals surface area contributed by atoms with Gasteiger partial charge in [-0.05, 0) is 19.1 Å². The molecule has 0 aliphatic carbocycles. The van der Waals surface area contributed by atoms with Gasteiger partial charge in [0.15, 0.2) is 0 Å². The number of nitrogens with one attached hydrogen (secondary N) is 2. The monoisotopic (exact) mass is 482 g/mol. The normalized spacial score (nSPS) is 17.2. The van der Waals surface area contributed by atoms with E-state index in [9.17, 15) is 27.4 Å². The van der Waals surface area contributed by atoms with E-state index < -0.39 is 31.2 Å². The smallest absolute Gasteiger partial charge is 0.418 e. The number of carbonyl (C=O) groups excluding carboxylic acids is 1. The average molecular weight is 482 g/mol. The molecule has 1 aromatic heterocycles. The molecule has 10 nitrogen and oxygen atoms in total. The number of fused-ring (bicyclic) bond motifs is 3. The Labute approximate surface area is 186 Å². The number of nitrogens with zero attached hydrogens (tertiary/aromatic N) is 4. The van der Waals surface area contributed by atoms with Gasteiger partial charge in [0.25, 0.3) is 5.91 Å². The summed E-state index contributed by atoms with van der Waals surface area (Å²) in [5, 5.41) is 6.23. The molecular weight excluding hydrogens is 464 g/mol. The van der Waals surface area contributed by atoms with Gasteiger partial charge in [0.1, 0.15) is 5.82 Å². The first-order valence-electron chi connectivity index (χ1n) is 9.80. The molecule has 2 aliphatic rings. The predicted octanol–water partition coefficient (Wildman–Crippen LogP) is 2.96. The van der Waals surface area contributed by atoms with E-state index in [0.717, 1.165) is 11.0 Å². The van der Waals surface area contributed by atoms with Crippen molar-refractivity contribution < 1.29 is 32.2 Å². The number of imidazole rings is 1. The molecule has 4 rings (SSSR count). The first-order valence-corrected chi connectivity index (χ1v) is 11.0. The van der Waals surface area contributed by atoms with Crippen LogP contribution < -0.4 is 20.5 Å². The lowest BCUT2D eigenvalue weighted by molar-refractivity contribution is -0.165. The fourth-order valence-electron chi connectivity index (χ4n) is 3.60. The van der Waals surface area contributed by atoms with E-state index in [0.29, 0.717) is 5.82 Å². The van der Waals surface area contributed by atoms with Gasteiger partial charge in [-0.3, -0.25) is 15.1 Å². The van der Waals surface area contributed by atoms with Crippen molar-refractivity contribution in [2.24, 2.45) is 5.10 Å². The minimum atomic E-state index is -4.75. The molecule has 1 aromatic carbocycles. The van der Waals surface area contributed by atoms with Crippen LogP contribution >= 0.6 is 8.03 Å². The molecule has 2 aromatic rings. The molecule has 2 aliphatic heterocycles. The first-order chi connectivity index (χ1) is 15.5. The molecule has 14 heteroatoms. The topological polar surface area (TPSA) is 124 Å². The number of halogens is 3. The van der Waals surface area contributed by atoms with E-state index in [1.54, 1.807) is 20.8 Å². The number of aromatic nitrogens is 2. The van der Waals surface area contributed by atoms with Crippen molar-refractivity contribution in [2.75, 3.05) is 16.8 Å². The van der Waals surface area contributed by atoms with E-state index in [4.69, 9.17) is 4.74 Å². The van der Waals surface area contributed by atoms with Crippen LogP contribution in [0.3, 0.4) is 0 Å². The zero-order valence-corrected chi connectivity index (χ0v) is 18.5. The standard InChI is InChI=1S/C19H18F3N6O4P/c1-4-32-18(33(30)31)16-26-25-15-17(29)24-11-7-10(19(20,21)22)12(8-13(11)28(15)16)27-6-5-23-14(27)9(2)3/h5-9,26H,4H2,1-3H3,(H,24,29). The summed E-state index contributed by atoms with van der Waals surface area (Å²) in [7, 11) is -3.25. The van der Waals surface area contributed by atoms with Crippen molar-refractivity contribution in [3.05, 3.63) is 47.2 Å². The Bertz CT molecular complexity index is 1220. The van der Waals surface area contributed by atoms with Crippen LogP contribution in [0.15, 0.2) is 40.9 Å². The summed E-state index contributed by atoms with van der Waals surface area (Å²) >= 11 is 0. The molecule has 0 radical (unpaired) electrons. The second-order valence-electron chi connectivity index (χ2n) is 7.38. The van der Waals surface area contributed by atoms with Crippen molar-refractivity contribution in [3.8, 4) is 5.69 Å². The lowest BCUT2D eigenvalue weighted by Gasteiger charge is -2.29. The minimum Gasteiger partial charge on any atom is -0.588 e. The molecule has 0 bridgehead atoms. The number of hydrogen-bond acceptors (Lipinski definition) is 8. The lowest BCUT2D eigenvalue weighted by Crippen LogP contribution is -2.42. The number of ether oxygens (including phenoxy) is 1. The van der Waals surface area contributed by atoms with Crippen molar-refractivity contribution >= 4 is 31.1 Å². The van der Waals surface area contributed by atoms with E-state index in [1.165, 1.54) is 23.0 Å². The summed E-state index contributed by atoms with van der Waals surface area (Å²) in [6.07, 6.45) is -1.96. The Morgan fingerprint density at radius 2 is 2.03 bits per heavy atom. The van der Waals surface area contributed by atoms with Crippen molar-refractivity contribution in [2.45, 2.75) is 32.9 Å². The highest BCUT2D eigenvalue weighted by Crippen LogP contribution is 2.44. The highest BCUT2D eigenvalue weighted by atomic mass is 31.1. The fraction of sp³-hybridized carbons (Fsp3) is 0.316. The highest BCUT2D eigenvalue weighted by molar-refractivity contribution is 7.41. The predicted molar refractivity (Wildman–Crippen MR) is 111 cm³/mol. The molecule has 1 unspecified atom stereocenters. The summed E-state index contributed by atoms with van der Waals surface area (Å²) in [5.41, 5.74) is 0.614. The number of rotatable bonds is 5. The lowest BCUT2D eigenvalue weighted by atomic mass is 10.1. The van der Waals surface area contributed by atoms with Crippen molar-refractivity contribution in [1.82, 2.24) is 15.0 Å². The second kappa shape index (κ2) is 8.16. The highest BCUT2D eigenvalue weighted by Gasteiger charge is 2.44. The third kappa shape index (κ3) is 3.83. The van der Waals surface area contributed by atoms with Crippen LogP contribution in [-0.2, 0) is 20.3 Å². The minimum absolute atomic E-state index is 0.00288. The largest absolute Gasteiger partial charge is 0.588 e. The zero-order chi connectivity index (χ0) is 24.1. The number of alkyl halides is 3. The summed E-state index contributed by atoms with van der Waals surface area (Å²) in [6, 6.07) is 2.01. The van der Waals surface area contributed by atoms with Gasteiger partial charge in [-0.25, -0.2) is 4.98 Å². The van der Waals surface area contributed by atoms with Crippen molar-refractivity contribution in [3.63, 3.8) is 0 Å². The Kier molecular flexibility index (Phi) is 5.62. The van der Waals surface area contributed by atoms with Gasteiger partial charge >= 0.3 is 19.7 Å². The number of anilines is 2. The van der Waals surface area contributed by atoms with Crippen LogP contribution in [0, 0.1) is 0 Å². The van der Waals surface area contributed by atoms with Gasteiger partial charge in [-0.1, -0.05) is 18.4 Å². The van der Waals surface area contributed by atoms with Gasteiger partial charge in [0.2, 0.25) is 11.7 Å². The van der Waals surface area contributed by atoms with Crippen LogP contribution in [0.5, 0.6) is 0 Å². The van der Waals surface area contributed by atoms with Gasteiger partial charge in [-0.2, -0.15) is 13.2 Å². The van der Waals surface area contributed by atoms with Gasteiger partial charge in [-0.15, -0.1) is 5.10 Å². The van der Waals surface area contributed by atoms with Gasteiger partial charge in [0.05, 0.1) is 29.2 Å². The SMILES string of the molecule is CCOC(=C1NN=C2C(=O)Nc3cc(C(F)(F)F)c(-n4ccnc4C(C)C)cc3N21)[P+](=O)[O-]. The summed E-state index contributed by atoms with van der Waals surface area (Å²) in [4.78, 5) is 29.6. The molecule has 0 spiro atoms. The molecule has 0 fully saturated rings.